The van der Waals surface area contributed by atoms with Crippen molar-refractivity contribution in [2.24, 2.45) is 0 Å². The predicted molar refractivity (Wildman–Crippen MR) is 126 cm³/mol. The Labute approximate surface area is 194 Å². The van der Waals surface area contributed by atoms with Gasteiger partial charge in [0, 0.05) is 18.4 Å². The minimum absolute atomic E-state index is 0.187. The molecule has 1 aliphatic heterocycles. The Morgan fingerprint density at radius 3 is 2.52 bits per heavy atom. The first-order valence-corrected chi connectivity index (χ1v) is 11.4. The number of nitrogens with zero attached hydrogens (tertiary/aromatic N) is 3. The molecule has 0 atom stereocenters. The van der Waals surface area contributed by atoms with Gasteiger partial charge in [0.05, 0.1) is 28.7 Å². The largest absolute Gasteiger partial charge is 0.467 e. The Bertz CT molecular complexity index is 1340. The molecule has 1 fully saturated rings. The number of hydrogen-bond donors (Lipinski definition) is 0. The van der Waals surface area contributed by atoms with Crippen molar-refractivity contribution in [2.45, 2.75) is 33.2 Å². The van der Waals surface area contributed by atoms with Gasteiger partial charge in [0.25, 0.3) is 5.91 Å². The average molecular weight is 460 g/mol. The zero-order chi connectivity index (χ0) is 23.1. The number of rotatable bonds is 5. The van der Waals surface area contributed by atoms with E-state index in [0.717, 1.165) is 26.2 Å². The summed E-state index contributed by atoms with van der Waals surface area (Å²) in [7, 11) is 0. The lowest BCUT2D eigenvalue weighted by Gasteiger charge is -2.20. The second kappa shape index (κ2) is 8.29. The van der Waals surface area contributed by atoms with E-state index in [2.05, 4.69) is 0 Å². The van der Waals surface area contributed by atoms with E-state index in [9.17, 15) is 14.4 Å². The Morgan fingerprint density at radius 2 is 1.82 bits per heavy atom. The van der Waals surface area contributed by atoms with E-state index in [4.69, 9.17) is 9.40 Å². The summed E-state index contributed by atoms with van der Waals surface area (Å²) in [4.78, 5) is 45.6. The van der Waals surface area contributed by atoms with Crippen LogP contribution < -0.4 is 9.80 Å². The van der Waals surface area contributed by atoms with Crippen LogP contribution >= 0.6 is 11.3 Å². The number of amides is 3. The van der Waals surface area contributed by atoms with Gasteiger partial charge in [-0.15, -0.1) is 0 Å². The lowest BCUT2D eigenvalue weighted by Crippen LogP contribution is -2.31. The van der Waals surface area contributed by atoms with Crippen LogP contribution in [0.25, 0.3) is 10.2 Å². The second-order valence-corrected chi connectivity index (χ2v) is 8.99. The molecule has 1 saturated heterocycles. The Hall–Kier alpha value is -3.78. The number of benzene rings is 2. The van der Waals surface area contributed by atoms with Gasteiger partial charge in [0.1, 0.15) is 5.76 Å². The summed E-state index contributed by atoms with van der Waals surface area (Å²) in [6.45, 7) is 4.23. The van der Waals surface area contributed by atoms with Gasteiger partial charge in [-0.05, 0) is 55.3 Å². The molecule has 4 aromatic rings. The minimum atomic E-state index is -0.290. The summed E-state index contributed by atoms with van der Waals surface area (Å²) in [5.74, 6) is -0.179. The van der Waals surface area contributed by atoms with Crippen molar-refractivity contribution in [2.75, 3.05) is 9.80 Å². The number of aromatic nitrogens is 1. The highest BCUT2D eigenvalue weighted by molar-refractivity contribution is 7.22. The maximum Gasteiger partial charge on any atom is 0.260 e. The van der Waals surface area contributed by atoms with Gasteiger partial charge in [0.2, 0.25) is 11.8 Å². The zero-order valence-electron chi connectivity index (χ0n) is 18.2. The summed E-state index contributed by atoms with van der Waals surface area (Å²) in [5, 5.41) is 0.558. The first-order chi connectivity index (χ1) is 15.9. The molecule has 0 bridgehead atoms. The first kappa shape index (κ1) is 21.1. The number of hydrogen-bond acceptors (Lipinski definition) is 6. The quantitative estimate of drug-likeness (QED) is 0.392. The first-order valence-electron chi connectivity index (χ1n) is 10.6. The normalized spacial score (nSPS) is 13.8. The van der Waals surface area contributed by atoms with Crippen molar-refractivity contribution in [3.05, 3.63) is 77.2 Å². The van der Waals surface area contributed by atoms with Crippen LogP contribution in [0.2, 0.25) is 0 Å². The molecule has 3 amide bonds. The van der Waals surface area contributed by atoms with Crippen molar-refractivity contribution in [3.63, 3.8) is 0 Å². The molecule has 1 aliphatic rings. The SMILES string of the molecule is Cc1ccc(C)c2sc(N(Cc3ccco3)C(=O)c3cccc(N4C(=O)CCC4=O)c3)nc12. The predicted octanol–water partition coefficient (Wildman–Crippen LogP) is 5.01. The number of furan rings is 1. The Kier molecular flexibility index (Phi) is 5.30. The highest BCUT2D eigenvalue weighted by Crippen LogP contribution is 2.35. The fourth-order valence-electron chi connectivity index (χ4n) is 3.95. The molecule has 8 heteroatoms. The lowest BCUT2D eigenvalue weighted by atomic mass is 10.1. The van der Waals surface area contributed by atoms with Gasteiger partial charge in [-0.25, -0.2) is 4.98 Å². The molecule has 166 valence electrons. The van der Waals surface area contributed by atoms with E-state index in [0.29, 0.717) is 22.1 Å². The molecular weight excluding hydrogens is 438 g/mol. The van der Waals surface area contributed by atoms with Gasteiger partial charge in [-0.1, -0.05) is 29.5 Å². The number of imide groups is 1. The van der Waals surface area contributed by atoms with Crippen LogP contribution in [0.4, 0.5) is 10.8 Å². The van der Waals surface area contributed by atoms with E-state index in [1.165, 1.54) is 11.3 Å². The van der Waals surface area contributed by atoms with E-state index in [1.54, 1.807) is 41.5 Å². The summed E-state index contributed by atoms with van der Waals surface area (Å²) < 4.78 is 6.54. The highest BCUT2D eigenvalue weighted by Gasteiger charge is 2.31. The van der Waals surface area contributed by atoms with Gasteiger partial charge >= 0.3 is 0 Å². The van der Waals surface area contributed by atoms with Crippen molar-refractivity contribution in [1.29, 1.82) is 0 Å². The molecule has 33 heavy (non-hydrogen) atoms. The molecule has 0 spiro atoms. The van der Waals surface area contributed by atoms with Crippen LogP contribution in [0, 0.1) is 13.8 Å². The monoisotopic (exact) mass is 459 g/mol. The van der Waals surface area contributed by atoms with Crippen LogP contribution in [0.3, 0.4) is 0 Å². The van der Waals surface area contributed by atoms with Crippen molar-refractivity contribution in [1.82, 2.24) is 4.98 Å². The molecule has 2 aromatic heterocycles. The lowest BCUT2D eigenvalue weighted by molar-refractivity contribution is -0.121. The highest BCUT2D eigenvalue weighted by atomic mass is 32.1. The van der Waals surface area contributed by atoms with Crippen LogP contribution in [-0.4, -0.2) is 22.7 Å². The Morgan fingerprint density at radius 1 is 1.06 bits per heavy atom. The number of anilines is 2. The van der Waals surface area contributed by atoms with Crippen molar-refractivity contribution < 1.29 is 18.8 Å². The molecule has 7 nitrogen and oxygen atoms in total. The van der Waals surface area contributed by atoms with E-state index < -0.39 is 0 Å². The maximum absolute atomic E-state index is 13.7. The van der Waals surface area contributed by atoms with E-state index in [1.807, 2.05) is 32.0 Å². The number of thiazole rings is 1. The number of aryl methyl sites for hydroxylation is 2. The number of fused-ring (bicyclic) bond motifs is 1. The molecule has 0 aliphatic carbocycles. The number of carbonyl (C=O) groups excluding carboxylic acids is 3. The third kappa shape index (κ3) is 3.82. The van der Waals surface area contributed by atoms with Crippen LogP contribution in [0.15, 0.2) is 59.2 Å². The van der Waals surface area contributed by atoms with E-state index >= 15 is 0 Å². The topological polar surface area (TPSA) is 83.7 Å². The molecule has 0 saturated carbocycles. The van der Waals surface area contributed by atoms with Gasteiger partial charge < -0.3 is 4.42 Å². The molecule has 0 N–H and O–H groups in total. The average Bonchev–Trinajstić information content (AvgIpc) is 3.55. The molecule has 3 heterocycles. The van der Waals surface area contributed by atoms with Crippen LogP contribution in [0.5, 0.6) is 0 Å². The molecule has 5 rings (SSSR count). The van der Waals surface area contributed by atoms with Crippen LogP contribution in [-0.2, 0) is 16.1 Å². The van der Waals surface area contributed by atoms with E-state index in [-0.39, 0.29) is 37.1 Å². The fraction of sp³-hybridized carbons (Fsp3) is 0.200. The molecule has 0 unspecified atom stereocenters. The summed E-state index contributed by atoms with van der Waals surface area (Å²) >= 11 is 1.45. The molecular formula is C25H21N3O4S. The molecule has 2 aromatic carbocycles. The second-order valence-electron chi connectivity index (χ2n) is 8.02. The van der Waals surface area contributed by atoms with Gasteiger partial charge in [-0.3, -0.25) is 24.2 Å². The third-order valence-electron chi connectivity index (χ3n) is 5.70. The molecule has 0 radical (unpaired) electrons. The maximum atomic E-state index is 13.7. The smallest absolute Gasteiger partial charge is 0.260 e. The zero-order valence-corrected chi connectivity index (χ0v) is 19.0. The standard InChI is InChI=1S/C25H21N3O4S/c1-15-8-9-16(2)23-22(15)26-25(33-23)27(14-19-7-4-12-32-19)24(31)17-5-3-6-18(13-17)28-20(29)10-11-21(28)30/h3-9,12-13H,10-11,14H2,1-2H3. The van der Waals surface area contributed by atoms with Crippen LogP contribution in [0.1, 0.15) is 40.1 Å². The van der Waals surface area contributed by atoms with Gasteiger partial charge in [0.15, 0.2) is 5.13 Å². The van der Waals surface area contributed by atoms with Crippen molar-refractivity contribution in [3.8, 4) is 0 Å². The summed E-state index contributed by atoms with van der Waals surface area (Å²) in [5.41, 5.74) is 3.77. The minimum Gasteiger partial charge on any atom is -0.467 e. The van der Waals surface area contributed by atoms with Crippen molar-refractivity contribution >= 4 is 50.1 Å². The third-order valence-corrected chi connectivity index (χ3v) is 6.92. The number of carbonyl (C=O) groups is 3. The Balaban J connectivity index is 1.57. The summed E-state index contributed by atoms with van der Waals surface area (Å²) in [6.07, 6.45) is 1.94. The fourth-order valence-corrected chi connectivity index (χ4v) is 5.06. The van der Waals surface area contributed by atoms with Gasteiger partial charge in [-0.2, -0.15) is 0 Å². The summed E-state index contributed by atoms with van der Waals surface area (Å²) in [6, 6.07) is 14.3.